The Balaban J connectivity index is 1.61. The molecule has 0 radical (unpaired) electrons. The first-order chi connectivity index (χ1) is 11.0. The molecule has 1 atom stereocenters. The second-order valence-electron chi connectivity index (χ2n) is 5.52. The number of nitriles is 1. The van der Waals surface area contributed by atoms with Gasteiger partial charge in [0.2, 0.25) is 0 Å². The molecule has 2 aromatic rings. The van der Waals surface area contributed by atoms with Crippen LogP contribution >= 0.6 is 0 Å². The highest BCUT2D eigenvalue weighted by Gasteiger charge is 2.35. The van der Waals surface area contributed by atoms with E-state index in [2.05, 4.69) is 15.3 Å². The van der Waals surface area contributed by atoms with Crippen molar-refractivity contribution in [1.82, 2.24) is 14.5 Å². The van der Waals surface area contributed by atoms with E-state index in [4.69, 9.17) is 5.26 Å². The summed E-state index contributed by atoms with van der Waals surface area (Å²) in [5.74, 6) is 1.34. The van der Waals surface area contributed by atoms with Gasteiger partial charge in [-0.25, -0.2) is 9.97 Å². The van der Waals surface area contributed by atoms with Gasteiger partial charge in [0.1, 0.15) is 17.7 Å². The van der Waals surface area contributed by atoms with Gasteiger partial charge in [-0.1, -0.05) is 0 Å². The van der Waals surface area contributed by atoms with Crippen LogP contribution < -0.4 is 5.32 Å². The van der Waals surface area contributed by atoms with Crippen molar-refractivity contribution in [2.24, 2.45) is 5.92 Å². The van der Waals surface area contributed by atoms with Gasteiger partial charge in [-0.05, 0) is 24.5 Å². The Labute approximate surface area is 130 Å². The minimum absolute atomic E-state index is 0.204. The van der Waals surface area contributed by atoms with Crippen LogP contribution in [0.1, 0.15) is 23.5 Å². The summed E-state index contributed by atoms with van der Waals surface area (Å²) in [6.07, 6.45) is -0.528. The quantitative estimate of drug-likeness (QED) is 0.944. The van der Waals surface area contributed by atoms with E-state index < -0.39 is 11.9 Å². The SMILES string of the molecule is N#Cc1ccc(NC[C@@H]2CCc3nc(C(F)(F)F)cn3C2)nc1. The lowest BCUT2D eigenvalue weighted by Crippen LogP contribution is -2.26. The highest BCUT2D eigenvalue weighted by atomic mass is 19.4. The molecule has 0 amide bonds. The van der Waals surface area contributed by atoms with Gasteiger partial charge < -0.3 is 9.88 Å². The molecular weight excluding hydrogens is 307 g/mol. The molecule has 8 heteroatoms. The maximum atomic E-state index is 12.7. The van der Waals surface area contributed by atoms with E-state index in [9.17, 15) is 13.2 Å². The van der Waals surface area contributed by atoms with Crippen molar-refractivity contribution < 1.29 is 13.2 Å². The predicted octanol–water partition coefficient (Wildman–Crippen LogP) is 2.84. The van der Waals surface area contributed by atoms with Gasteiger partial charge in [0.25, 0.3) is 0 Å². The van der Waals surface area contributed by atoms with Crippen LogP contribution in [0.2, 0.25) is 0 Å². The lowest BCUT2D eigenvalue weighted by Gasteiger charge is -2.24. The van der Waals surface area contributed by atoms with E-state index in [1.165, 1.54) is 6.20 Å². The van der Waals surface area contributed by atoms with Crippen LogP contribution in [-0.4, -0.2) is 21.1 Å². The van der Waals surface area contributed by atoms with E-state index in [1.54, 1.807) is 16.7 Å². The fraction of sp³-hybridized carbons (Fsp3) is 0.400. The van der Waals surface area contributed by atoms with Crippen molar-refractivity contribution in [3.05, 3.63) is 41.6 Å². The molecule has 0 bridgehead atoms. The summed E-state index contributed by atoms with van der Waals surface area (Å²) in [5.41, 5.74) is -0.342. The second kappa shape index (κ2) is 5.91. The average molecular weight is 321 g/mol. The first kappa shape index (κ1) is 15.3. The highest BCUT2D eigenvalue weighted by molar-refractivity contribution is 5.38. The van der Waals surface area contributed by atoms with E-state index in [0.29, 0.717) is 36.7 Å². The zero-order valence-corrected chi connectivity index (χ0v) is 12.1. The number of anilines is 1. The number of rotatable bonds is 3. The first-order valence-corrected chi connectivity index (χ1v) is 7.19. The van der Waals surface area contributed by atoms with Crippen LogP contribution in [0.5, 0.6) is 0 Å². The number of aryl methyl sites for hydroxylation is 1. The zero-order chi connectivity index (χ0) is 16.4. The molecule has 1 aliphatic heterocycles. The summed E-state index contributed by atoms with van der Waals surface area (Å²) in [4.78, 5) is 7.78. The van der Waals surface area contributed by atoms with E-state index in [1.807, 2.05) is 6.07 Å². The first-order valence-electron chi connectivity index (χ1n) is 7.19. The lowest BCUT2D eigenvalue weighted by atomic mass is 9.99. The Bertz CT molecular complexity index is 727. The number of fused-ring (bicyclic) bond motifs is 1. The predicted molar refractivity (Wildman–Crippen MR) is 76.5 cm³/mol. The number of halogens is 3. The fourth-order valence-electron chi connectivity index (χ4n) is 2.63. The number of hydrogen-bond donors (Lipinski definition) is 1. The minimum atomic E-state index is -4.40. The van der Waals surface area contributed by atoms with E-state index in [0.717, 1.165) is 12.6 Å². The highest BCUT2D eigenvalue weighted by Crippen LogP contribution is 2.30. The van der Waals surface area contributed by atoms with Crippen molar-refractivity contribution >= 4 is 5.82 Å². The van der Waals surface area contributed by atoms with E-state index >= 15 is 0 Å². The Morgan fingerprint density at radius 1 is 1.39 bits per heavy atom. The third-order valence-electron chi connectivity index (χ3n) is 3.85. The van der Waals surface area contributed by atoms with Crippen molar-refractivity contribution in [3.63, 3.8) is 0 Å². The van der Waals surface area contributed by atoms with Gasteiger partial charge in [0, 0.05) is 31.9 Å². The number of pyridine rings is 1. The fourth-order valence-corrected chi connectivity index (χ4v) is 2.63. The maximum absolute atomic E-state index is 12.7. The number of imidazole rings is 1. The van der Waals surface area contributed by atoms with Crippen molar-refractivity contribution in [2.45, 2.75) is 25.6 Å². The standard InChI is InChI=1S/C15H14F3N5/c16-15(17,18)12-9-23-8-11(2-4-14(23)22-12)7-21-13-3-1-10(5-19)6-20-13/h1,3,6,9,11H,2,4,7-8H2,(H,20,21)/t11-/m0/s1. The van der Waals surface area contributed by atoms with Crippen LogP contribution in [0.15, 0.2) is 24.5 Å². The van der Waals surface area contributed by atoms with Gasteiger partial charge in [-0.3, -0.25) is 0 Å². The largest absolute Gasteiger partial charge is 0.434 e. The Morgan fingerprint density at radius 2 is 2.22 bits per heavy atom. The molecule has 1 aliphatic rings. The number of nitrogens with zero attached hydrogens (tertiary/aromatic N) is 4. The third kappa shape index (κ3) is 3.44. The summed E-state index contributed by atoms with van der Waals surface area (Å²) in [7, 11) is 0. The minimum Gasteiger partial charge on any atom is -0.370 e. The Morgan fingerprint density at radius 3 is 2.87 bits per heavy atom. The lowest BCUT2D eigenvalue weighted by molar-refractivity contribution is -0.141. The molecule has 3 rings (SSSR count). The van der Waals surface area contributed by atoms with E-state index in [-0.39, 0.29) is 5.92 Å². The number of nitrogens with one attached hydrogen (secondary N) is 1. The Kier molecular flexibility index (Phi) is 3.94. The molecule has 2 aromatic heterocycles. The van der Waals surface area contributed by atoms with Crippen LogP contribution in [0.3, 0.4) is 0 Å². The molecule has 3 heterocycles. The molecule has 120 valence electrons. The van der Waals surface area contributed by atoms with Gasteiger partial charge in [-0.15, -0.1) is 0 Å². The van der Waals surface area contributed by atoms with Crippen molar-refractivity contribution in [2.75, 3.05) is 11.9 Å². The normalized spacial score (nSPS) is 17.4. The van der Waals surface area contributed by atoms with Crippen LogP contribution in [-0.2, 0) is 19.1 Å². The van der Waals surface area contributed by atoms with Gasteiger partial charge in [-0.2, -0.15) is 18.4 Å². The van der Waals surface area contributed by atoms with Gasteiger partial charge >= 0.3 is 6.18 Å². The monoisotopic (exact) mass is 321 g/mol. The molecule has 0 unspecified atom stereocenters. The second-order valence-corrected chi connectivity index (χ2v) is 5.52. The summed E-state index contributed by atoms with van der Waals surface area (Å²) in [6.45, 7) is 1.11. The van der Waals surface area contributed by atoms with Crippen LogP contribution in [0.4, 0.5) is 19.0 Å². The molecule has 0 spiro atoms. The van der Waals surface area contributed by atoms with Gasteiger partial charge in [0.15, 0.2) is 5.69 Å². The third-order valence-corrected chi connectivity index (χ3v) is 3.85. The van der Waals surface area contributed by atoms with Crippen LogP contribution in [0.25, 0.3) is 0 Å². The molecule has 0 fully saturated rings. The summed E-state index contributed by atoms with van der Waals surface area (Å²) in [6, 6.07) is 5.37. The zero-order valence-electron chi connectivity index (χ0n) is 12.1. The van der Waals surface area contributed by atoms with Crippen molar-refractivity contribution in [3.8, 4) is 6.07 Å². The summed E-state index contributed by atoms with van der Waals surface area (Å²) in [5, 5.41) is 11.9. The topological polar surface area (TPSA) is 66.5 Å². The average Bonchev–Trinajstić information content (AvgIpc) is 2.97. The van der Waals surface area contributed by atoms with Gasteiger partial charge in [0.05, 0.1) is 5.56 Å². The maximum Gasteiger partial charge on any atom is 0.434 e. The molecule has 0 aromatic carbocycles. The molecular formula is C15H14F3N5. The summed E-state index contributed by atoms with van der Waals surface area (Å²) >= 11 is 0. The van der Waals surface area contributed by atoms with Crippen LogP contribution in [0, 0.1) is 17.2 Å². The molecule has 0 aliphatic carbocycles. The number of aromatic nitrogens is 3. The van der Waals surface area contributed by atoms with Crippen molar-refractivity contribution in [1.29, 1.82) is 5.26 Å². The molecule has 23 heavy (non-hydrogen) atoms. The molecule has 0 saturated heterocycles. The molecule has 0 saturated carbocycles. The smallest absolute Gasteiger partial charge is 0.370 e. The Hall–Kier alpha value is -2.56. The summed E-state index contributed by atoms with van der Waals surface area (Å²) < 4.78 is 39.6. The molecule has 5 nitrogen and oxygen atoms in total. The molecule has 1 N–H and O–H groups in total. The number of alkyl halides is 3. The number of hydrogen-bond acceptors (Lipinski definition) is 4.